The van der Waals surface area contributed by atoms with E-state index in [0.29, 0.717) is 13.1 Å². The highest BCUT2D eigenvalue weighted by molar-refractivity contribution is 5.95. The van der Waals surface area contributed by atoms with E-state index in [4.69, 9.17) is 4.74 Å². The SMILES string of the molecule is Cn1ncc2c1-c1ccccc1OC21CCN(C(=O)c2ccnc(N3CCCCC3)c2)CC1. The number of pyridine rings is 1. The molecule has 2 saturated heterocycles. The maximum absolute atomic E-state index is 13.4. The van der Waals surface area contributed by atoms with Gasteiger partial charge in [-0.15, -0.1) is 0 Å². The summed E-state index contributed by atoms with van der Waals surface area (Å²) < 4.78 is 8.56. The fourth-order valence-electron chi connectivity index (χ4n) is 5.58. The molecular weight excluding hydrogens is 414 g/mol. The summed E-state index contributed by atoms with van der Waals surface area (Å²) >= 11 is 0. The van der Waals surface area contributed by atoms with Gasteiger partial charge >= 0.3 is 0 Å². The number of aromatic nitrogens is 3. The molecule has 0 unspecified atom stereocenters. The third-order valence-electron chi connectivity index (χ3n) is 7.41. The van der Waals surface area contributed by atoms with Crippen molar-refractivity contribution in [3.05, 3.63) is 59.9 Å². The normalized spacial score (nSPS) is 19.1. The van der Waals surface area contributed by atoms with Crippen LogP contribution in [0.25, 0.3) is 11.3 Å². The van der Waals surface area contributed by atoms with Crippen LogP contribution < -0.4 is 9.64 Å². The summed E-state index contributed by atoms with van der Waals surface area (Å²) in [5.41, 5.74) is 3.62. The van der Waals surface area contributed by atoms with Crippen molar-refractivity contribution in [1.29, 1.82) is 0 Å². The Morgan fingerprint density at radius 1 is 1.03 bits per heavy atom. The summed E-state index contributed by atoms with van der Waals surface area (Å²) in [5.74, 6) is 1.89. The van der Waals surface area contributed by atoms with Gasteiger partial charge in [0.15, 0.2) is 0 Å². The Bertz CT molecular complexity index is 1190. The second kappa shape index (κ2) is 7.90. The molecule has 5 heterocycles. The number of fused-ring (bicyclic) bond motifs is 4. The average molecular weight is 444 g/mol. The van der Waals surface area contributed by atoms with Crippen molar-refractivity contribution in [2.24, 2.45) is 7.05 Å². The lowest BCUT2D eigenvalue weighted by atomic mass is 9.81. The lowest BCUT2D eigenvalue weighted by Gasteiger charge is -2.44. The highest BCUT2D eigenvalue weighted by Crippen LogP contribution is 2.49. The number of carbonyl (C=O) groups is 1. The molecular formula is C26H29N5O2. The third-order valence-corrected chi connectivity index (χ3v) is 7.41. The number of likely N-dealkylation sites (tertiary alicyclic amines) is 1. The Balaban J connectivity index is 1.22. The first kappa shape index (κ1) is 20.3. The molecule has 0 saturated carbocycles. The van der Waals surface area contributed by atoms with E-state index >= 15 is 0 Å². The quantitative estimate of drug-likeness (QED) is 0.599. The van der Waals surface area contributed by atoms with E-state index in [1.54, 1.807) is 6.20 Å². The monoisotopic (exact) mass is 443 g/mol. The van der Waals surface area contributed by atoms with E-state index in [-0.39, 0.29) is 5.91 Å². The number of anilines is 1. The molecule has 6 rings (SSSR count). The second-order valence-corrected chi connectivity index (χ2v) is 9.37. The predicted molar refractivity (Wildman–Crippen MR) is 126 cm³/mol. The average Bonchev–Trinajstić information content (AvgIpc) is 3.28. The zero-order valence-corrected chi connectivity index (χ0v) is 19.0. The van der Waals surface area contributed by atoms with E-state index < -0.39 is 5.60 Å². The zero-order valence-electron chi connectivity index (χ0n) is 19.0. The molecule has 0 bridgehead atoms. The molecule has 0 atom stereocenters. The zero-order chi connectivity index (χ0) is 22.4. The maximum Gasteiger partial charge on any atom is 0.254 e. The van der Waals surface area contributed by atoms with E-state index in [1.165, 1.54) is 19.3 Å². The van der Waals surface area contributed by atoms with Gasteiger partial charge in [-0.25, -0.2) is 4.98 Å². The van der Waals surface area contributed by atoms with Crippen LogP contribution in [0, 0.1) is 0 Å². The van der Waals surface area contributed by atoms with Gasteiger partial charge in [-0.1, -0.05) is 12.1 Å². The van der Waals surface area contributed by atoms with Crippen LogP contribution in [0.1, 0.15) is 48.0 Å². The number of nitrogens with zero attached hydrogens (tertiary/aromatic N) is 5. The van der Waals surface area contributed by atoms with Gasteiger partial charge in [0.05, 0.1) is 11.9 Å². The van der Waals surface area contributed by atoms with Gasteiger partial charge in [0.1, 0.15) is 17.2 Å². The van der Waals surface area contributed by atoms with E-state index in [0.717, 1.165) is 59.9 Å². The molecule has 0 aliphatic carbocycles. The number of para-hydroxylation sites is 1. The molecule has 170 valence electrons. The lowest BCUT2D eigenvalue weighted by molar-refractivity contribution is -0.00172. The van der Waals surface area contributed by atoms with Crippen molar-refractivity contribution >= 4 is 11.7 Å². The molecule has 3 aliphatic rings. The number of piperidine rings is 2. The van der Waals surface area contributed by atoms with Crippen molar-refractivity contribution in [3.63, 3.8) is 0 Å². The van der Waals surface area contributed by atoms with Crippen molar-refractivity contribution in [3.8, 4) is 17.0 Å². The molecule has 0 N–H and O–H groups in total. The molecule has 1 spiro atoms. The first-order valence-electron chi connectivity index (χ1n) is 12.0. The first-order valence-corrected chi connectivity index (χ1v) is 12.0. The van der Waals surface area contributed by atoms with Crippen LogP contribution in [0.5, 0.6) is 5.75 Å². The Morgan fingerprint density at radius 2 is 1.82 bits per heavy atom. The van der Waals surface area contributed by atoms with Crippen molar-refractivity contribution < 1.29 is 9.53 Å². The molecule has 3 aliphatic heterocycles. The van der Waals surface area contributed by atoms with Gasteiger partial charge in [-0.2, -0.15) is 5.10 Å². The minimum atomic E-state index is -0.439. The van der Waals surface area contributed by atoms with Gasteiger partial charge in [0.2, 0.25) is 0 Å². The van der Waals surface area contributed by atoms with Gasteiger partial charge in [-0.3, -0.25) is 9.48 Å². The summed E-state index contributed by atoms with van der Waals surface area (Å²) in [5, 5.41) is 4.55. The van der Waals surface area contributed by atoms with Crippen molar-refractivity contribution in [2.75, 3.05) is 31.1 Å². The van der Waals surface area contributed by atoms with E-state index in [9.17, 15) is 4.79 Å². The summed E-state index contributed by atoms with van der Waals surface area (Å²) in [6, 6.07) is 12.0. The summed E-state index contributed by atoms with van der Waals surface area (Å²) in [6.07, 6.45) is 8.85. The molecule has 2 aromatic heterocycles. The van der Waals surface area contributed by atoms with Crippen molar-refractivity contribution in [1.82, 2.24) is 19.7 Å². The number of ether oxygens (including phenoxy) is 1. The van der Waals surface area contributed by atoms with Crippen LogP contribution in [0.2, 0.25) is 0 Å². The van der Waals surface area contributed by atoms with Gasteiger partial charge in [-0.05, 0) is 43.5 Å². The molecule has 0 radical (unpaired) electrons. The van der Waals surface area contributed by atoms with Gasteiger partial charge in [0.25, 0.3) is 5.91 Å². The number of carbonyl (C=O) groups excluding carboxylic acids is 1. The van der Waals surface area contributed by atoms with Crippen LogP contribution in [-0.4, -0.2) is 51.8 Å². The number of hydrogen-bond donors (Lipinski definition) is 0. The Kier molecular flexibility index (Phi) is 4.85. The molecule has 1 aromatic carbocycles. The molecule has 7 nitrogen and oxygen atoms in total. The van der Waals surface area contributed by atoms with Crippen molar-refractivity contribution in [2.45, 2.75) is 37.7 Å². The summed E-state index contributed by atoms with van der Waals surface area (Å²) in [4.78, 5) is 22.2. The van der Waals surface area contributed by atoms with Gasteiger partial charge < -0.3 is 14.5 Å². The Hall–Kier alpha value is -3.35. The predicted octanol–water partition coefficient (Wildman–Crippen LogP) is 4.00. The fourth-order valence-corrected chi connectivity index (χ4v) is 5.58. The molecule has 7 heteroatoms. The number of hydrogen-bond acceptors (Lipinski definition) is 5. The first-order chi connectivity index (χ1) is 16.1. The summed E-state index contributed by atoms with van der Waals surface area (Å²) in [6.45, 7) is 3.33. The largest absolute Gasteiger partial charge is 0.482 e. The number of benzene rings is 1. The third kappa shape index (κ3) is 3.37. The molecule has 33 heavy (non-hydrogen) atoms. The highest BCUT2D eigenvalue weighted by atomic mass is 16.5. The molecule has 2 fully saturated rings. The Labute approximate surface area is 194 Å². The van der Waals surface area contributed by atoms with E-state index in [2.05, 4.69) is 21.0 Å². The lowest BCUT2D eigenvalue weighted by Crippen LogP contribution is -2.49. The van der Waals surface area contributed by atoms with Crippen LogP contribution >= 0.6 is 0 Å². The Morgan fingerprint density at radius 3 is 2.64 bits per heavy atom. The number of aryl methyl sites for hydroxylation is 1. The second-order valence-electron chi connectivity index (χ2n) is 9.37. The van der Waals surface area contributed by atoms with Crippen LogP contribution in [-0.2, 0) is 12.6 Å². The summed E-state index contributed by atoms with van der Waals surface area (Å²) in [7, 11) is 1.98. The highest BCUT2D eigenvalue weighted by Gasteiger charge is 2.45. The number of rotatable bonds is 2. The fraction of sp³-hybridized carbons (Fsp3) is 0.423. The molecule has 1 amide bonds. The molecule has 3 aromatic rings. The minimum Gasteiger partial charge on any atom is -0.482 e. The maximum atomic E-state index is 13.4. The van der Waals surface area contributed by atoms with Crippen LogP contribution in [0.4, 0.5) is 5.82 Å². The number of amides is 1. The smallest absolute Gasteiger partial charge is 0.254 e. The topological polar surface area (TPSA) is 63.5 Å². The van der Waals surface area contributed by atoms with Gasteiger partial charge in [0, 0.05) is 69.0 Å². The van der Waals surface area contributed by atoms with Crippen LogP contribution in [0.15, 0.2) is 48.8 Å². The van der Waals surface area contributed by atoms with Crippen LogP contribution in [0.3, 0.4) is 0 Å². The minimum absolute atomic E-state index is 0.0770. The van der Waals surface area contributed by atoms with E-state index in [1.807, 2.05) is 53.2 Å². The standard InChI is InChI=1S/C26H29N5O2/c1-29-24-20-7-3-4-8-22(20)33-26(21(24)18-28-29)10-15-31(16-11-26)25(32)19-9-12-27-23(17-19)30-13-5-2-6-14-30/h3-4,7-9,12,17-18H,2,5-6,10-11,13-16H2,1H3.